The Morgan fingerprint density at radius 3 is 2.27 bits per heavy atom. The minimum Gasteiger partial charge on any atom is -0.368 e. The molecule has 0 aliphatic carbocycles. The number of hydrogen-bond acceptors (Lipinski definition) is 1. The molecule has 1 aliphatic rings. The maximum Gasteiger partial charge on any atom is 0.105 e. The summed E-state index contributed by atoms with van der Waals surface area (Å²) in [6.45, 7) is 5.25. The lowest BCUT2D eigenvalue weighted by Gasteiger charge is -2.25. The summed E-state index contributed by atoms with van der Waals surface area (Å²) in [5.41, 5.74) is 0.0772. The van der Waals surface area contributed by atoms with Crippen molar-refractivity contribution in [3.05, 3.63) is 0 Å². The molecule has 5 heteroatoms. The second-order valence-electron chi connectivity index (χ2n) is 4.55. The summed E-state index contributed by atoms with van der Waals surface area (Å²) in [7, 11) is 0. The smallest absolute Gasteiger partial charge is 0.105 e. The average molecular weight is 472 g/mol. The molecule has 3 atom stereocenters. The molecule has 0 N–H and O–H groups in total. The summed E-state index contributed by atoms with van der Waals surface area (Å²) in [4.78, 5) is 0.893. The van der Waals surface area contributed by atoms with Gasteiger partial charge in [0.1, 0.15) is 5.60 Å². The van der Waals surface area contributed by atoms with Crippen LogP contribution in [0, 0.1) is 0 Å². The van der Waals surface area contributed by atoms with Crippen molar-refractivity contribution in [2.45, 2.75) is 46.3 Å². The van der Waals surface area contributed by atoms with E-state index in [1.165, 1.54) is 0 Å². The Morgan fingerprint density at radius 1 is 1.40 bits per heavy atom. The minimum absolute atomic E-state index is 0.0772. The highest BCUT2D eigenvalue weighted by Gasteiger charge is 2.50. The number of hydrogen-bond donors (Lipinski definition) is 0. The molecule has 1 saturated heterocycles. The zero-order chi connectivity index (χ0) is 11.7. The van der Waals surface area contributed by atoms with Crippen molar-refractivity contribution < 1.29 is 4.74 Å². The highest BCUT2D eigenvalue weighted by molar-refractivity contribution is 9.12. The normalized spacial score (nSPS) is 30.0. The van der Waals surface area contributed by atoms with E-state index in [0.717, 1.165) is 24.8 Å². The van der Waals surface area contributed by atoms with Crippen LogP contribution in [0.4, 0.5) is 0 Å². The molecule has 0 bridgehead atoms. The molecule has 1 aliphatic heterocycles. The van der Waals surface area contributed by atoms with Gasteiger partial charge in [0, 0.05) is 14.5 Å². The zero-order valence-corrected chi connectivity index (χ0v) is 15.2. The topological polar surface area (TPSA) is 12.5 Å². The third-order valence-corrected chi connectivity index (χ3v) is 8.23. The van der Waals surface area contributed by atoms with Gasteiger partial charge in [-0.3, -0.25) is 0 Å². The fraction of sp³-hybridized carbons (Fsp3) is 1.00. The Kier molecular flexibility index (Phi) is 5.66. The van der Waals surface area contributed by atoms with Gasteiger partial charge in [-0.2, -0.15) is 0 Å². The SMILES string of the molecule is CC(C)(Br)C(Br)CCC1(C(Br)CBr)CO1. The number of halogens is 4. The Labute approximate surface area is 126 Å². The van der Waals surface area contributed by atoms with Crippen LogP contribution in [0.25, 0.3) is 0 Å². The fourth-order valence-electron chi connectivity index (χ4n) is 1.43. The summed E-state index contributed by atoms with van der Waals surface area (Å²) in [6.07, 6.45) is 2.22. The predicted molar refractivity (Wildman–Crippen MR) is 80.1 cm³/mol. The average Bonchev–Trinajstić information content (AvgIpc) is 2.92. The Morgan fingerprint density at radius 2 is 1.93 bits per heavy atom. The monoisotopic (exact) mass is 468 g/mol. The first-order chi connectivity index (χ1) is 6.82. The maximum absolute atomic E-state index is 5.60. The van der Waals surface area contributed by atoms with Crippen LogP contribution in [-0.2, 0) is 4.74 Å². The van der Waals surface area contributed by atoms with E-state index in [4.69, 9.17) is 4.74 Å². The molecule has 1 rings (SSSR count). The molecule has 0 saturated carbocycles. The van der Waals surface area contributed by atoms with Crippen LogP contribution >= 0.6 is 63.7 Å². The molecule has 0 amide bonds. The highest BCUT2D eigenvalue weighted by atomic mass is 79.9. The molecule has 1 fully saturated rings. The number of alkyl halides is 4. The van der Waals surface area contributed by atoms with Crippen LogP contribution < -0.4 is 0 Å². The lowest BCUT2D eigenvalue weighted by molar-refractivity contribution is 0.284. The van der Waals surface area contributed by atoms with E-state index >= 15 is 0 Å². The van der Waals surface area contributed by atoms with E-state index in [0.29, 0.717) is 9.65 Å². The third kappa shape index (κ3) is 4.23. The quantitative estimate of drug-likeness (QED) is 0.406. The van der Waals surface area contributed by atoms with Crippen LogP contribution in [-0.4, -0.2) is 31.5 Å². The first kappa shape index (κ1) is 14.9. The molecule has 1 nitrogen and oxygen atoms in total. The molecule has 0 radical (unpaired) electrons. The van der Waals surface area contributed by atoms with E-state index < -0.39 is 0 Å². The first-order valence-electron chi connectivity index (χ1n) is 4.99. The van der Waals surface area contributed by atoms with Crippen molar-refractivity contribution in [3.8, 4) is 0 Å². The van der Waals surface area contributed by atoms with Crippen molar-refractivity contribution in [2.24, 2.45) is 0 Å². The van der Waals surface area contributed by atoms with E-state index in [-0.39, 0.29) is 9.93 Å². The van der Waals surface area contributed by atoms with Crippen molar-refractivity contribution in [1.29, 1.82) is 0 Å². The molecular formula is C10H16Br4O. The van der Waals surface area contributed by atoms with Crippen molar-refractivity contribution in [1.82, 2.24) is 0 Å². The molecule has 3 unspecified atom stereocenters. The Balaban J connectivity index is 2.37. The summed E-state index contributed by atoms with van der Waals surface area (Å²) in [6, 6.07) is 0. The molecule has 90 valence electrons. The van der Waals surface area contributed by atoms with Crippen molar-refractivity contribution in [2.75, 3.05) is 11.9 Å². The highest BCUT2D eigenvalue weighted by Crippen LogP contribution is 2.42. The molecular weight excluding hydrogens is 456 g/mol. The molecule has 0 aromatic carbocycles. The van der Waals surface area contributed by atoms with Gasteiger partial charge in [0.15, 0.2) is 0 Å². The van der Waals surface area contributed by atoms with Gasteiger partial charge < -0.3 is 4.74 Å². The van der Waals surface area contributed by atoms with E-state index in [9.17, 15) is 0 Å². The first-order valence-corrected chi connectivity index (χ1v) is 8.73. The summed E-state index contributed by atoms with van der Waals surface area (Å²) in [5.74, 6) is 0. The van der Waals surface area contributed by atoms with E-state index in [1.807, 2.05) is 0 Å². The molecule has 15 heavy (non-hydrogen) atoms. The fourth-order valence-corrected chi connectivity index (χ4v) is 2.97. The number of ether oxygens (including phenoxy) is 1. The van der Waals surface area contributed by atoms with Gasteiger partial charge in [-0.15, -0.1) is 0 Å². The lowest BCUT2D eigenvalue weighted by Crippen LogP contribution is -2.30. The van der Waals surface area contributed by atoms with E-state index in [1.54, 1.807) is 0 Å². The molecule has 1 heterocycles. The van der Waals surface area contributed by atoms with Crippen molar-refractivity contribution in [3.63, 3.8) is 0 Å². The zero-order valence-electron chi connectivity index (χ0n) is 8.90. The van der Waals surface area contributed by atoms with Crippen molar-refractivity contribution >= 4 is 63.7 Å². The third-order valence-electron chi connectivity index (χ3n) is 2.79. The van der Waals surface area contributed by atoms with E-state index in [2.05, 4.69) is 77.6 Å². The van der Waals surface area contributed by atoms with Crippen LogP contribution in [0.1, 0.15) is 26.7 Å². The largest absolute Gasteiger partial charge is 0.368 e. The minimum atomic E-state index is 0.0772. The predicted octanol–water partition coefficient (Wildman–Crippen LogP) is 4.63. The molecule has 0 aromatic heterocycles. The summed E-state index contributed by atoms with van der Waals surface area (Å²) < 4.78 is 5.74. The van der Waals surface area contributed by atoms with Crippen LogP contribution in [0.2, 0.25) is 0 Å². The maximum atomic E-state index is 5.60. The van der Waals surface area contributed by atoms with Gasteiger partial charge in [-0.05, 0) is 26.7 Å². The summed E-state index contributed by atoms with van der Waals surface area (Å²) in [5, 5.41) is 0.942. The van der Waals surface area contributed by atoms with Crippen LogP contribution in [0.3, 0.4) is 0 Å². The lowest BCUT2D eigenvalue weighted by atomic mass is 9.96. The van der Waals surface area contributed by atoms with Gasteiger partial charge >= 0.3 is 0 Å². The second kappa shape index (κ2) is 5.68. The van der Waals surface area contributed by atoms with Gasteiger partial charge in [0.2, 0.25) is 0 Å². The number of epoxide rings is 1. The van der Waals surface area contributed by atoms with Crippen LogP contribution in [0.15, 0.2) is 0 Å². The Hall–Kier alpha value is 1.88. The molecule has 0 spiro atoms. The van der Waals surface area contributed by atoms with Gasteiger partial charge in [-0.25, -0.2) is 0 Å². The standard InChI is InChI=1S/C10H16Br4O/c1-9(2,14)7(12)3-4-10(6-15-10)8(13)5-11/h7-8H,3-6H2,1-2H3. The summed E-state index contributed by atoms with van der Waals surface area (Å²) >= 11 is 14.5. The van der Waals surface area contributed by atoms with Gasteiger partial charge in [0.05, 0.1) is 11.4 Å². The second-order valence-corrected chi connectivity index (χ2v) is 9.45. The molecule has 0 aromatic rings. The number of rotatable bonds is 6. The Bertz CT molecular complexity index is 210. The van der Waals surface area contributed by atoms with Gasteiger partial charge in [0.25, 0.3) is 0 Å². The van der Waals surface area contributed by atoms with Gasteiger partial charge in [-0.1, -0.05) is 63.7 Å². The van der Waals surface area contributed by atoms with Crippen LogP contribution in [0.5, 0.6) is 0 Å².